The van der Waals surface area contributed by atoms with E-state index in [0.29, 0.717) is 0 Å². The average Bonchev–Trinajstić information content (AvgIpc) is 2.64. The number of rotatable bonds is 2. The highest BCUT2D eigenvalue weighted by atomic mass is 79.9. The molecule has 1 saturated heterocycles. The lowest BCUT2D eigenvalue weighted by Gasteiger charge is -2.21. The van der Waals surface area contributed by atoms with E-state index in [0.717, 1.165) is 23.5 Å². The molecule has 0 spiro atoms. The summed E-state index contributed by atoms with van der Waals surface area (Å²) in [6.07, 6.45) is 1.29. The minimum absolute atomic E-state index is 0.0999. The van der Waals surface area contributed by atoms with Gasteiger partial charge in [-0.25, -0.2) is 0 Å². The molecule has 0 radical (unpaired) electrons. The summed E-state index contributed by atoms with van der Waals surface area (Å²) in [6.45, 7) is 6.65. The van der Waals surface area contributed by atoms with Gasteiger partial charge in [0.05, 0.1) is 5.69 Å². The second-order valence-electron chi connectivity index (χ2n) is 4.84. The quantitative estimate of drug-likeness (QED) is 0.902. The van der Waals surface area contributed by atoms with Gasteiger partial charge in [0.1, 0.15) is 0 Å². The van der Waals surface area contributed by atoms with Crippen LogP contribution in [0.2, 0.25) is 0 Å². The smallest absolute Gasteiger partial charge is 0.0510 e. The average molecular weight is 283 g/mol. The van der Waals surface area contributed by atoms with Crippen molar-refractivity contribution in [2.75, 3.05) is 18.0 Å². The summed E-state index contributed by atoms with van der Waals surface area (Å²) in [7, 11) is 0. The van der Waals surface area contributed by atoms with Crippen molar-refractivity contribution >= 4 is 21.6 Å². The van der Waals surface area contributed by atoms with Crippen molar-refractivity contribution in [3.63, 3.8) is 0 Å². The molecule has 0 saturated carbocycles. The number of anilines is 1. The Hall–Kier alpha value is -0.540. The Labute approximate surface area is 106 Å². The van der Waals surface area contributed by atoms with Gasteiger partial charge in [0.15, 0.2) is 0 Å². The summed E-state index contributed by atoms with van der Waals surface area (Å²) in [5.41, 5.74) is 8.36. The van der Waals surface area contributed by atoms with Crippen molar-refractivity contribution in [3.05, 3.63) is 28.2 Å². The Kier molecular flexibility index (Phi) is 3.55. The zero-order valence-electron chi connectivity index (χ0n) is 9.91. The third-order valence-electron chi connectivity index (χ3n) is 3.26. The standard InChI is InChI=1S/C13H19BrN2/c1-9-5-6-16(8-9)13-4-3-11(10(2)15)7-12(13)14/h3-4,7,9-10H,5-6,8,15H2,1-2H3/t9?,10-/m1/s1. The van der Waals surface area contributed by atoms with E-state index in [4.69, 9.17) is 5.73 Å². The molecule has 1 fully saturated rings. The van der Waals surface area contributed by atoms with Crippen LogP contribution in [-0.2, 0) is 0 Å². The van der Waals surface area contributed by atoms with Gasteiger partial charge < -0.3 is 10.6 Å². The largest absolute Gasteiger partial charge is 0.370 e. The van der Waals surface area contributed by atoms with Gasteiger partial charge in [-0.3, -0.25) is 0 Å². The van der Waals surface area contributed by atoms with Crippen LogP contribution in [0.1, 0.15) is 31.9 Å². The monoisotopic (exact) mass is 282 g/mol. The maximum Gasteiger partial charge on any atom is 0.0510 e. The molecule has 1 aliphatic rings. The predicted octanol–water partition coefficient (Wildman–Crippen LogP) is 3.32. The number of benzene rings is 1. The molecule has 1 aromatic rings. The molecule has 1 aliphatic heterocycles. The van der Waals surface area contributed by atoms with Crippen LogP contribution in [0.3, 0.4) is 0 Å². The normalized spacial score (nSPS) is 22.5. The van der Waals surface area contributed by atoms with E-state index < -0.39 is 0 Å². The first-order chi connectivity index (χ1) is 7.58. The summed E-state index contributed by atoms with van der Waals surface area (Å²) in [4.78, 5) is 2.44. The highest BCUT2D eigenvalue weighted by Gasteiger charge is 2.20. The van der Waals surface area contributed by atoms with E-state index in [9.17, 15) is 0 Å². The Morgan fingerprint density at radius 2 is 2.25 bits per heavy atom. The van der Waals surface area contributed by atoms with Crippen LogP contribution in [0.15, 0.2) is 22.7 Å². The maximum absolute atomic E-state index is 5.87. The topological polar surface area (TPSA) is 29.3 Å². The van der Waals surface area contributed by atoms with E-state index in [1.165, 1.54) is 17.7 Å². The van der Waals surface area contributed by atoms with Crippen LogP contribution >= 0.6 is 15.9 Å². The van der Waals surface area contributed by atoms with Crippen molar-refractivity contribution in [2.45, 2.75) is 26.3 Å². The van der Waals surface area contributed by atoms with Crippen LogP contribution in [0.5, 0.6) is 0 Å². The van der Waals surface area contributed by atoms with Gasteiger partial charge in [-0.1, -0.05) is 13.0 Å². The molecule has 1 heterocycles. The summed E-state index contributed by atoms with van der Waals surface area (Å²) < 4.78 is 1.16. The minimum Gasteiger partial charge on any atom is -0.370 e. The Balaban J connectivity index is 2.22. The zero-order valence-corrected chi connectivity index (χ0v) is 11.5. The molecule has 0 bridgehead atoms. The number of nitrogens with zero attached hydrogens (tertiary/aromatic N) is 1. The predicted molar refractivity (Wildman–Crippen MR) is 72.7 cm³/mol. The zero-order chi connectivity index (χ0) is 11.7. The van der Waals surface area contributed by atoms with Gasteiger partial charge in [0.25, 0.3) is 0 Å². The lowest BCUT2D eigenvalue weighted by Crippen LogP contribution is -2.19. The van der Waals surface area contributed by atoms with Gasteiger partial charge >= 0.3 is 0 Å². The number of nitrogens with two attached hydrogens (primary N) is 1. The van der Waals surface area contributed by atoms with Crippen molar-refractivity contribution in [2.24, 2.45) is 11.7 Å². The van der Waals surface area contributed by atoms with Gasteiger partial charge in [0, 0.05) is 23.6 Å². The summed E-state index contributed by atoms with van der Waals surface area (Å²) in [6, 6.07) is 6.56. The van der Waals surface area contributed by atoms with Crippen molar-refractivity contribution < 1.29 is 0 Å². The van der Waals surface area contributed by atoms with Crippen molar-refractivity contribution in [3.8, 4) is 0 Å². The molecular weight excluding hydrogens is 264 g/mol. The van der Waals surface area contributed by atoms with Gasteiger partial charge in [-0.15, -0.1) is 0 Å². The van der Waals surface area contributed by atoms with Crippen LogP contribution in [-0.4, -0.2) is 13.1 Å². The molecule has 0 amide bonds. The molecule has 0 aliphatic carbocycles. The van der Waals surface area contributed by atoms with E-state index in [1.54, 1.807) is 0 Å². The van der Waals surface area contributed by atoms with Crippen molar-refractivity contribution in [1.82, 2.24) is 0 Å². The lowest BCUT2D eigenvalue weighted by atomic mass is 10.1. The Morgan fingerprint density at radius 1 is 1.50 bits per heavy atom. The molecule has 16 heavy (non-hydrogen) atoms. The first-order valence-electron chi connectivity index (χ1n) is 5.88. The summed E-state index contributed by atoms with van der Waals surface area (Å²) in [5.74, 6) is 0.806. The fourth-order valence-electron chi connectivity index (χ4n) is 2.22. The lowest BCUT2D eigenvalue weighted by molar-refractivity contribution is 0.659. The molecular formula is C13H19BrN2. The highest BCUT2D eigenvalue weighted by Crippen LogP contribution is 2.32. The Bertz CT molecular complexity index is 376. The van der Waals surface area contributed by atoms with E-state index in [-0.39, 0.29) is 6.04 Å². The third kappa shape index (κ3) is 2.41. The molecule has 2 rings (SSSR count). The highest BCUT2D eigenvalue weighted by molar-refractivity contribution is 9.10. The third-order valence-corrected chi connectivity index (χ3v) is 3.90. The van der Waals surface area contributed by atoms with Crippen molar-refractivity contribution in [1.29, 1.82) is 0 Å². The van der Waals surface area contributed by atoms with Crippen LogP contribution in [0.4, 0.5) is 5.69 Å². The van der Waals surface area contributed by atoms with Crippen LogP contribution in [0, 0.1) is 5.92 Å². The minimum atomic E-state index is 0.0999. The van der Waals surface area contributed by atoms with Crippen LogP contribution < -0.4 is 10.6 Å². The fraction of sp³-hybridized carbons (Fsp3) is 0.538. The number of hydrogen-bond donors (Lipinski definition) is 1. The Morgan fingerprint density at radius 3 is 2.75 bits per heavy atom. The van der Waals surface area contributed by atoms with Gasteiger partial charge in [0.2, 0.25) is 0 Å². The molecule has 2 nitrogen and oxygen atoms in total. The second kappa shape index (κ2) is 4.76. The molecule has 2 atom stereocenters. The summed E-state index contributed by atoms with van der Waals surface area (Å²) >= 11 is 3.65. The second-order valence-corrected chi connectivity index (χ2v) is 5.69. The molecule has 0 aromatic heterocycles. The molecule has 2 N–H and O–H groups in total. The molecule has 1 aromatic carbocycles. The van der Waals surface area contributed by atoms with Gasteiger partial charge in [-0.2, -0.15) is 0 Å². The van der Waals surface area contributed by atoms with E-state index >= 15 is 0 Å². The molecule has 88 valence electrons. The summed E-state index contributed by atoms with van der Waals surface area (Å²) in [5, 5.41) is 0. The first kappa shape index (κ1) is 11.9. The fourth-order valence-corrected chi connectivity index (χ4v) is 2.86. The van der Waals surface area contributed by atoms with E-state index in [1.807, 2.05) is 6.92 Å². The SMILES string of the molecule is CC1CCN(c2ccc([C@@H](C)N)cc2Br)C1. The maximum atomic E-state index is 5.87. The van der Waals surface area contributed by atoms with Gasteiger partial charge in [-0.05, 0) is 52.9 Å². The van der Waals surface area contributed by atoms with Crippen LogP contribution in [0.25, 0.3) is 0 Å². The first-order valence-corrected chi connectivity index (χ1v) is 6.67. The molecule has 3 heteroatoms. The number of hydrogen-bond acceptors (Lipinski definition) is 2. The van der Waals surface area contributed by atoms with E-state index in [2.05, 4.69) is 46.0 Å². The molecule has 1 unspecified atom stereocenters. The number of halogens is 1.